The van der Waals surface area contributed by atoms with Crippen molar-refractivity contribution in [3.63, 3.8) is 0 Å². The van der Waals surface area contributed by atoms with Gasteiger partial charge in [0.15, 0.2) is 0 Å². The smallest absolute Gasteiger partial charge is 0.125 e. The van der Waals surface area contributed by atoms with Gasteiger partial charge >= 0.3 is 0 Å². The lowest BCUT2D eigenvalue weighted by Gasteiger charge is -2.27. The minimum absolute atomic E-state index is 0.519. The molecule has 0 aromatic heterocycles. The van der Waals surface area contributed by atoms with Crippen molar-refractivity contribution >= 4 is 0 Å². The summed E-state index contributed by atoms with van der Waals surface area (Å²) in [5.41, 5.74) is 1.03. The summed E-state index contributed by atoms with van der Waals surface area (Å²) in [6, 6.07) is 5.87. The number of benzene rings is 1. The molecule has 1 aromatic rings. The third-order valence-corrected chi connectivity index (χ3v) is 2.96. The van der Waals surface area contributed by atoms with Gasteiger partial charge in [-0.25, -0.2) is 0 Å². The molecule has 0 saturated heterocycles. The topological polar surface area (TPSA) is 41.5 Å². The van der Waals surface area contributed by atoms with Crippen LogP contribution in [0.3, 0.4) is 0 Å². The highest BCUT2D eigenvalue weighted by Crippen LogP contribution is 2.30. The molecule has 0 aliphatic carbocycles. The molecule has 3 nitrogen and oxygen atoms in total. The summed E-state index contributed by atoms with van der Waals surface area (Å²) in [7, 11) is 1.63. The summed E-state index contributed by atoms with van der Waals surface area (Å²) in [6.45, 7) is 9.54. The van der Waals surface area contributed by atoms with E-state index in [4.69, 9.17) is 4.74 Å². The van der Waals surface area contributed by atoms with E-state index in [2.05, 4.69) is 19.2 Å². The van der Waals surface area contributed by atoms with Crippen molar-refractivity contribution < 1.29 is 9.84 Å². The van der Waals surface area contributed by atoms with Gasteiger partial charge in [0.2, 0.25) is 0 Å². The number of nitrogens with one attached hydrogen (secondary N) is 1. The van der Waals surface area contributed by atoms with Gasteiger partial charge in [0, 0.05) is 12.1 Å². The second-order valence-electron chi connectivity index (χ2n) is 5.50. The third-order valence-electron chi connectivity index (χ3n) is 2.96. The Hall–Kier alpha value is -1.06. The fraction of sp³-hybridized carbons (Fsp3) is 0.600. The Bertz CT molecular complexity index is 386. The van der Waals surface area contributed by atoms with Crippen LogP contribution >= 0.6 is 0 Å². The second kappa shape index (κ2) is 6.21. The molecule has 0 saturated carbocycles. The maximum Gasteiger partial charge on any atom is 0.125 e. The first-order valence-corrected chi connectivity index (χ1v) is 6.45. The van der Waals surface area contributed by atoms with Gasteiger partial charge in [0.1, 0.15) is 11.4 Å². The van der Waals surface area contributed by atoms with Crippen molar-refractivity contribution in [1.29, 1.82) is 0 Å². The number of hydrogen-bond donors (Lipinski definition) is 2. The summed E-state index contributed by atoms with van der Waals surface area (Å²) in [5, 5.41) is 13.9. The first-order valence-electron chi connectivity index (χ1n) is 6.45. The molecule has 2 N–H and O–H groups in total. The number of rotatable bonds is 6. The maximum absolute atomic E-state index is 10.6. The van der Waals surface area contributed by atoms with E-state index in [1.165, 1.54) is 0 Å². The summed E-state index contributed by atoms with van der Waals surface area (Å²) in [5.74, 6) is 1.30. The van der Waals surface area contributed by atoms with Crippen molar-refractivity contribution in [2.75, 3.05) is 20.2 Å². The highest BCUT2D eigenvalue weighted by atomic mass is 16.5. The van der Waals surface area contributed by atoms with E-state index in [0.29, 0.717) is 12.5 Å². The van der Waals surface area contributed by atoms with Crippen molar-refractivity contribution in [1.82, 2.24) is 5.32 Å². The molecular weight excluding hydrogens is 226 g/mol. The van der Waals surface area contributed by atoms with E-state index < -0.39 is 5.60 Å². The summed E-state index contributed by atoms with van der Waals surface area (Å²) in [6.07, 6.45) is 0. The average molecular weight is 251 g/mol. The van der Waals surface area contributed by atoms with Crippen LogP contribution in [-0.2, 0) is 5.60 Å². The average Bonchev–Trinajstić information content (AvgIpc) is 2.28. The summed E-state index contributed by atoms with van der Waals surface area (Å²) < 4.78 is 5.33. The Morgan fingerprint density at radius 3 is 2.61 bits per heavy atom. The zero-order valence-corrected chi connectivity index (χ0v) is 12.1. The third kappa shape index (κ3) is 4.00. The number of ether oxygens (including phenoxy) is 1. The molecule has 0 aliphatic rings. The van der Waals surface area contributed by atoms with Crippen LogP contribution in [-0.4, -0.2) is 25.3 Å². The number of aliphatic hydroxyl groups is 1. The molecule has 0 spiro atoms. The predicted octanol–water partition coefficient (Wildman–Crippen LogP) is 2.46. The zero-order valence-electron chi connectivity index (χ0n) is 12.1. The Balaban J connectivity index is 2.85. The van der Waals surface area contributed by atoms with Crippen LogP contribution in [0.4, 0.5) is 0 Å². The van der Waals surface area contributed by atoms with E-state index in [1.807, 2.05) is 32.0 Å². The SMILES string of the molecule is COc1ccc(C)cc1C(C)(O)CNCC(C)C. The van der Waals surface area contributed by atoms with Crippen LogP contribution in [0.1, 0.15) is 31.9 Å². The normalized spacial score (nSPS) is 14.6. The molecule has 0 fully saturated rings. The van der Waals surface area contributed by atoms with Gasteiger partial charge in [-0.05, 0) is 38.4 Å². The van der Waals surface area contributed by atoms with Crippen LogP contribution in [0, 0.1) is 12.8 Å². The van der Waals surface area contributed by atoms with Crippen molar-refractivity contribution in [3.8, 4) is 5.75 Å². The van der Waals surface area contributed by atoms with Crippen molar-refractivity contribution in [3.05, 3.63) is 29.3 Å². The van der Waals surface area contributed by atoms with Crippen LogP contribution in [0.5, 0.6) is 5.75 Å². The van der Waals surface area contributed by atoms with Gasteiger partial charge in [0.05, 0.1) is 7.11 Å². The molecule has 0 bridgehead atoms. The van der Waals surface area contributed by atoms with E-state index in [1.54, 1.807) is 7.11 Å². The van der Waals surface area contributed by atoms with Crippen LogP contribution < -0.4 is 10.1 Å². The van der Waals surface area contributed by atoms with E-state index >= 15 is 0 Å². The molecular formula is C15H25NO2. The highest BCUT2D eigenvalue weighted by Gasteiger charge is 2.26. The molecule has 1 unspecified atom stereocenters. The highest BCUT2D eigenvalue weighted by molar-refractivity contribution is 5.40. The molecule has 1 atom stereocenters. The quantitative estimate of drug-likeness (QED) is 0.816. The van der Waals surface area contributed by atoms with E-state index in [9.17, 15) is 5.11 Å². The molecule has 18 heavy (non-hydrogen) atoms. The van der Waals surface area contributed by atoms with Gasteiger partial charge in [-0.2, -0.15) is 0 Å². The van der Waals surface area contributed by atoms with E-state index in [-0.39, 0.29) is 0 Å². The van der Waals surface area contributed by atoms with Gasteiger partial charge in [-0.3, -0.25) is 0 Å². The molecule has 0 aliphatic heterocycles. The van der Waals surface area contributed by atoms with E-state index in [0.717, 1.165) is 23.4 Å². The minimum Gasteiger partial charge on any atom is -0.496 e. The van der Waals surface area contributed by atoms with Gasteiger partial charge in [0.25, 0.3) is 0 Å². The molecule has 3 heteroatoms. The van der Waals surface area contributed by atoms with Crippen molar-refractivity contribution in [2.24, 2.45) is 5.92 Å². The summed E-state index contributed by atoms with van der Waals surface area (Å²) in [4.78, 5) is 0. The fourth-order valence-corrected chi connectivity index (χ4v) is 1.94. The minimum atomic E-state index is -0.924. The van der Waals surface area contributed by atoms with Gasteiger partial charge in [-0.15, -0.1) is 0 Å². The Labute approximate surface area is 110 Å². The number of aryl methyl sites for hydroxylation is 1. The standard InChI is InChI=1S/C15H25NO2/c1-11(2)9-16-10-15(4,17)13-8-12(3)6-7-14(13)18-5/h6-8,11,16-17H,9-10H2,1-5H3. The van der Waals surface area contributed by atoms with Gasteiger partial charge < -0.3 is 15.2 Å². The lowest BCUT2D eigenvalue weighted by Crippen LogP contribution is -2.37. The fourth-order valence-electron chi connectivity index (χ4n) is 1.94. The van der Waals surface area contributed by atoms with Crippen LogP contribution in [0.25, 0.3) is 0 Å². The van der Waals surface area contributed by atoms with Crippen LogP contribution in [0.15, 0.2) is 18.2 Å². The van der Waals surface area contributed by atoms with Gasteiger partial charge in [-0.1, -0.05) is 25.5 Å². The molecule has 102 valence electrons. The largest absolute Gasteiger partial charge is 0.496 e. The first kappa shape index (κ1) is 15.0. The lowest BCUT2D eigenvalue weighted by molar-refractivity contribution is 0.0538. The number of methoxy groups -OCH3 is 1. The second-order valence-corrected chi connectivity index (χ2v) is 5.50. The predicted molar refractivity (Wildman–Crippen MR) is 75.0 cm³/mol. The molecule has 0 heterocycles. The number of hydrogen-bond acceptors (Lipinski definition) is 3. The lowest BCUT2D eigenvalue weighted by atomic mass is 9.93. The van der Waals surface area contributed by atoms with Crippen LogP contribution in [0.2, 0.25) is 0 Å². The Morgan fingerprint density at radius 2 is 2.06 bits per heavy atom. The monoisotopic (exact) mass is 251 g/mol. The Morgan fingerprint density at radius 1 is 1.39 bits per heavy atom. The summed E-state index contributed by atoms with van der Waals surface area (Å²) >= 11 is 0. The molecule has 1 aromatic carbocycles. The molecule has 0 radical (unpaired) electrons. The Kier molecular flexibility index (Phi) is 5.17. The van der Waals surface area contributed by atoms with Crippen molar-refractivity contribution in [2.45, 2.75) is 33.3 Å². The molecule has 1 rings (SSSR count). The zero-order chi connectivity index (χ0) is 13.8. The maximum atomic E-state index is 10.6. The molecule has 0 amide bonds. The first-order chi connectivity index (χ1) is 8.36.